The Morgan fingerprint density at radius 1 is 0.970 bits per heavy atom. The Balaban J connectivity index is 1.30. The van der Waals surface area contributed by atoms with Crippen LogP contribution in [0.3, 0.4) is 0 Å². The Labute approximate surface area is 190 Å². The highest BCUT2D eigenvalue weighted by molar-refractivity contribution is 7.92. The number of ether oxygens (including phenoxy) is 1. The van der Waals surface area contributed by atoms with Gasteiger partial charge in [-0.3, -0.25) is 9.52 Å². The number of rotatable bonds is 8. The van der Waals surface area contributed by atoms with E-state index >= 15 is 0 Å². The summed E-state index contributed by atoms with van der Waals surface area (Å²) in [5.41, 5.74) is 1.40. The van der Waals surface area contributed by atoms with E-state index in [9.17, 15) is 22.9 Å². The highest BCUT2D eigenvalue weighted by atomic mass is 32.2. The molecule has 33 heavy (non-hydrogen) atoms. The van der Waals surface area contributed by atoms with Gasteiger partial charge in [-0.2, -0.15) is 5.26 Å². The number of anilines is 2. The van der Waals surface area contributed by atoms with Crippen LogP contribution in [-0.2, 0) is 20.2 Å². The van der Waals surface area contributed by atoms with Crippen LogP contribution in [0.1, 0.15) is 18.4 Å². The number of nitrogens with one attached hydrogen (secondary N) is 2. The van der Waals surface area contributed by atoms with Gasteiger partial charge in [0, 0.05) is 11.4 Å². The fourth-order valence-corrected chi connectivity index (χ4v) is 4.31. The Kier molecular flexibility index (Phi) is 6.03. The molecule has 0 aliphatic heterocycles. The van der Waals surface area contributed by atoms with E-state index in [4.69, 9.17) is 4.74 Å². The number of sulfonamides is 1. The number of benzene rings is 3. The van der Waals surface area contributed by atoms with E-state index in [1.54, 1.807) is 12.1 Å². The van der Waals surface area contributed by atoms with Gasteiger partial charge in [-0.25, -0.2) is 12.8 Å². The summed E-state index contributed by atoms with van der Waals surface area (Å²) in [5, 5.41) is 12.0. The van der Waals surface area contributed by atoms with Gasteiger partial charge in [0.1, 0.15) is 11.6 Å². The summed E-state index contributed by atoms with van der Waals surface area (Å²) in [6, 6.07) is 20.0. The maximum Gasteiger partial charge on any atom is 0.262 e. The van der Waals surface area contributed by atoms with Crippen LogP contribution in [-0.4, -0.2) is 20.9 Å². The number of carbonyl (C=O) groups excluding carboxylic acids is 1. The molecule has 3 aromatic rings. The second-order valence-corrected chi connectivity index (χ2v) is 9.37. The summed E-state index contributed by atoms with van der Waals surface area (Å²) in [6.45, 7) is -0.260. The lowest BCUT2D eigenvalue weighted by molar-refractivity contribution is -0.118. The van der Waals surface area contributed by atoms with Crippen molar-refractivity contribution in [3.05, 3.63) is 84.2 Å². The normalized spacial score (nSPS) is 14.1. The molecule has 1 saturated carbocycles. The Morgan fingerprint density at radius 2 is 1.58 bits per heavy atom. The lowest BCUT2D eigenvalue weighted by Crippen LogP contribution is -2.20. The van der Waals surface area contributed by atoms with Crippen molar-refractivity contribution in [3.8, 4) is 11.8 Å². The average molecular weight is 466 g/mol. The summed E-state index contributed by atoms with van der Waals surface area (Å²) in [6.07, 6.45) is 1.71. The zero-order chi connectivity index (χ0) is 23.5. The highest BCUT2D eigenvalue weighted by Gasteiger charge is 2.44. The molecule has 0 heterocycles. The zero-order valence-electron chi connectivity index (χ0n) is 17.4. The largest absolute Gasteiger partial charge is 0.484 e. The second kappa shape index (κ2) is 8.92. The standard InChI is InChI=1S/C24H20FN3O4S/c25-18-3-7-20(8-4-18)28-33(30,31)22-11-9-21(10-12-22)32-15-23(29)27-19-5-1-17(2-6-19)24(16-26)13-14-24/h1-12,28H,13-15H2,(H,27,29). The first-order valence-electron chi connectivity index (χ1n) is 10.1. The molecular formula is C24H20FN3O4S. The van der Waals surface area contributed by atoms with E-state index in [0.29, 0.717) is 11.4 Å². The molecule has 9 heteroatoms. The first-order valence-corrected chi connectivity index (χ1v) is 11.6. The molecule has 1 fully saturated rings. The summed E-state index contributed by atoms with van der Waals surface area (Å²) >= 11 is 0. The average Bonchev–Trinajstić information content (AvgIpc) is 3.61. The van der Waals surface area contributed by atoms with Crippen molar-refractivity contribution in [2.45, 2.75) is 23.2 Å². The van der Waals surface area contributed by atoms with Crippen LogP contribution in [0.4, 0.5) is 15.8 Å². The molecule has 0 unspecified atom stereocenters. The van der Waals surface area contributed by atoms with Crippen molar-refractivity contribution >= 4 is 27.3 Å². The summed E-state index contributed by atoms with van der Waals surface area (Å²) in [5.74, 6) is -0.518. The third-order valence-electron chi connectivity index (χ3n) is 5.29. The van der Waals surface area contributed by atoms with E-state index in [-0.39, 0.29) is 28.5 Å². The van der Waals surface area contributed by atoms with E-state index in [1.165, 1.54) is 36.4 Å². The number of nitriles is 1. The van der Waals surface area contributed by atoms with Crippen LogP contribution in [0.15, 0.2) is 77.7 Å². The minimum Gasteiger partial charge on any atom is -0.484 e. The number of carbonyl (C=O) groups is 1. The molecule has 0 atom stereocenters. The maximum atomic E-state index is 13.0. The van der Waals surface area contributed by atoms with Crippen molar-refractivity contribution in [2.75, 3.05) is 16.6 Å². The lowest BCUT2D eigenvalue weighted by atomic mass is 9.98. The van der Waals surface area contributed by atoms with Gasteiger partial charge in [-0.1, -0.05) is 12.1 Å². The van der Waals surface area contributed by atoms with Crippen LogP contribution in [0.2, 0.25) is 0 Å². The quantitative estimate of drug-likeness (QED) is 0.518. The monoisotopic (exact) mass is 465 g/mol. The van der Waals surface area contributed by atoms with Gasteiger partial charge in [0.05, 0.1) is 16.4 Å². The third kappa shape index (κ3) is 5.30. The van der Waals surface area contributed by atoms with E-state index in [1.807, 2.05) is 12.1 Å². The van der Waals surface area contributed by atoms with Crippen molar-refractivity contribution < 1.29 is 22.3 Å². The summed E-state index contributed by atoms with van der Waals surface area (Å²) in [7, 11) is -3.85. The number of nitrogens with zero attached hydrogens (tertiary/aromatic N) is 1. The number of hydrogen-bond donors (Lipinski definition) is 2. The van der Waals surface area contributed by atoms with E-state index < -0.39 is 15.8 Å². The predicted molar refractivity (Wildman–Crippen MR) is 121 cm³/mol. The highest BCUT2D eigenvalue weighted by Crippen LogP contribution is 2.47. The fraction of sp³-hybridized carbons (Fsp3) is 0.167. The zero-order valence-corrected chi connectivity index (χ0v) is 18.2. The number of halogens is 1. The molecule has 168 valence electrons. The van der Waals surface area contributed by atoms with Crippen molar-refractivity contribution in [1.29, 1.82) is 5.26 Å². The topological polar surface area (TPSA) is 108 Å². The minimum atomic E-state index is -3.85. The van der Waals surface area contributed by atoms with Crippen LogP contribution in [0, 0.1) is 17.1 Å². The summed E-state index contributed by atoms with van der Waals surface area (Å²) < 4.78 is 45.7. The Hall–Kier alpha value is -3.90. The SMILES string of the molecule is N#CC1(c2ccc(NC(=O)COc3ccc(S(=O)(=O)Nc4ccc(F)cc4)cc3)cc2)CC1. The molecule has 2 N–H and O–H groups in total. The molecule has 1 amide bonds. The van der Waals surface area contributed by atoms with Gasteiger partial charge < -0.3 is 10.1 Å². The van der Waals surface area contributed by atoms with Gasteiger partial charge >= 0.3 is 0 Å². The first kappa shape index (κ1) is 22.3. The molecule has 0 radical (unpaired) electrons. The molecule has 1 aliphatic rings. The molecule has 3 aromatic carbocycles. The molecule has 1 aliphatic carbocycles. The van der Waals surface area contributed by atoms with Crippen molar-refractivity contribution in [1.82, 2.24) is 0 Å². The number of amides is 1. The van der Waals surface area contributed by atoms with Crippen LogP contribution in [0.25, 0.3) is 0 Å². The van der Waals surface area contributed by atoms with Crippen LogP contribution >= 0.6 is 0 Å². The predicted octanol–water partition coefficient (Wildman–Crippen LogP) is 4.20. The van der Waals surface area contributed by atoms with Crippen LogP contribution in [0.5, 0.6) is 5.75 Å². The van der Waals surface area contributed by atoms with Crippen molar-refractivity contribution in [2.24, 2.45) is 0 Å². The van der Waals surface area contributed by atoms with Gasteiger partial charge in [-0.15, -0.1) is 0 Å². The lowest BCUT2D eigenvalue weighted by Gasteiger charge is -2.11. The molecule has 0 saturated heterocycles. The molecule has 0 aromatic heterocycles. The maximum absolute atomic E-state index is 13.0. The van der Waals surface area contributed by atoms with Crippen LogP contribution < -0.4 is 14.8 Å². The molecule has 4 rings (SSSR count). The van der Waals surface area contributed by atoms with Crippen molar-refractivity contribution in [3.63, 3.8) is 0 Å². The van der Waals surface area contributed by atoms with E-state index in [0.717, 1.165) is 30.5 Å². The van der Waals surface area contributed by atoms with Gasteiger partial charge in [0.2, 0.25) is 0 Å². The fourth-order valence-electron chi connectivity index (χ4n) is 3.26. The minimum absolute atomic E-state index is 0.00507. The molecular weight excluding hydrogens is 445 g/mol. The van der Waals surface area contributed by atoms with Gasteiger partial charge in [0.25, 0.3) is 15.9 Å². The molecule has 7 nitrogen and oxygen atoms in total. The molecule has 0 bridgehead atoms. The number of hydrogen-bond acceptors (Lipinski definition) is 5. The van der Waals surface area contributed by atoms with Gasteiger partial charge in [0.15, 0.2) is 6.61 Å². The second-order valence-electron chi connectivity index (χ2n) is 7.69. The summed E-state index contributed by atoms with van der Waals surface area (Å²) in [4.78, 5) is 12.2. The van der Waals surface area contributed by atoms with Gasteiger partial charge in [-0.05, 0) is 79.1 Å². The van der Waals surface area contributed by atoms with E-state index in [2.05, 4.69) is 16.1 Å². The third-order valence-corrected chi connectivity index (χ3v) is 6.68. The Morgan fingerprint density at radius 3 is 2.15 bits per heavy atom. The molecule has 0 spiro atoms. The first-order chi connectivity index (χ1) is 15.8. The Bertz CT molecular complexity index is 1300. The smallest absolute Gasteiger partial charge is 0.262 e.